The van der Waals surface area contributed by atoms with Crippen LogP contribution in [0.1, 0.15) is 20.9 Å². The summed E-state index contributed by atoms with van der Waals surface area (Å²) in [5.41, 5.74) is 1.05. The van der Waals surface area contributed by atoms with Crippen LogP contribution in [0.2, 0.25) is 0 Å². The smallest absolute Gasteiger partial charge is 0.291 e. The molecule has 1 amide bonds. The van der Waals surface area contributed by atoms with E-state index in [4.69, 9.17) is 4.42 Å². The minimum atomic E-state index is -0.353. The predicted molar refractivity (Wildman–Crippen MR) is 80.3 cm³/mol. The Morgan fingerprint density at radius 2 is 2.00 bits per heavy atom. The third-order valence-corrected chi connectivity index (χ3v) is 2.67. The highest BCUT2D eigenvalue weighted by Crippen LogP contribution is 2.13. The molecule has 1 N–H and O–H groups in total. The molecular weight excluding hydrogens is 268 g/mol. The fraction of sp³-hybridized carbons (Fsp3) is 0.125. The summed E-state index contributed by atoms with van der Waals surface area (Å²) in [6.07, 6.45) is 4.59. The SMILES string of the molecule is CN(C)/C=C/C(=O)c1cccc(NC(=O)c2ccco2)c1. The Morgan fingerprint density at radius 3 is 2.67 bits per heavy atom. The van der Waals surface area contributed by atoms with Gasteiger partial charge in [0.05, 0.1) is 6.26 Å². The molecule has 2 aromatic rings. The standard InChI is InChI=1S/C16H16N2O3/c1-18(2)9-8-14(19)12-5-3-6-13(11-12)17-16(20)15-7-4-10-21-15/h3-11H,1-2H3,(H,17,20)/b9-8+. The maximum absolute atomic E-state index is 12.0. The van der Waals surface area contributed by atoms with Gasteiger partial charge in [0, 0.05) is 37.6 Å². The van der Waals surface area contributed by atoms with Crippen molar-refractivity contribution < 1.29 is 14.0 Å². The van der Waals surface area contributed by atoms with Crippen LogP contribution in [0, 0.1) is 0 Å². The van der Waals surface area contributed by atoms with Crippen LogP contribution < -0.4 is 5.32 Å². The monoisotopic (exact) mass is 284 g/mol. The molecule has 0 saturated heterocycles. The van der Waals surface area contributed by atoms with E-state index in [0.29, 0.717) is 11.3 Å². The number of hydrogen-bond acceptors (Lipinski definition) is 4. The van der Waals surface area contributed by atoms with Gasteiger partial charge in [-0.2, -0.15) is 0 Å². The number of allylic oxidation sites excluding steroid dienone is 1. The zero-order valence-corrected chi connectivity index (χ0v) is 11.9. The molecule has 5 nitrogen and oxygen atoms in total. The molecule has 0 radical (unpaired) electrons. The highest BCUT2D eigenvalue weighted by molar-refractivity contribution is 6.06. The number of rotatable bonds is 5. The van der Waals surface area contributed by atoms with E-state index >= 15 is 0 Å². The zero-order valence-electron chi connectivity index (χ0n) is 11.9. The van der Waals surface area contributed by atoms with E-state index in [1.165, 1.54) is 12.3 Å². The number of amides is 1. The fourth-order valence-electron chi connectivity index (χ4n) is 1.66. The average Bonchev–Trinajstić information content (AvgIpc) is 2.99. The van der Waals surface area contributed by atoms with Crippen LogP contribution in [-0.4, -0.2) is 30.7 Å². The summed E-state index contributed by atoms with van der Waals surface area (Å²) >= 11 is 0. The van der Waals surface area contributed by atoms with Gasteiger partial charge >= 0.3 is 0 Å². The quantitative estimate of drug-likeness (QED) is 0.677. The second kappa shape index (κ2) is 6.56. The molecule has 2 rings (SSSR count). The second-order valence-corrected chi connectivity index (χ2v) is 4.66. The van der Waals surface area contributed by atoms with Gasteiger partial charge in [0.1, 0.15) is 0 Å². The van der Waals surface area contributed by atoms with Crippen molar-refractivity contribution in [2.75, 3.05) is 19.4 Å². The molecule has 0 fully saturated rings. The zero-order chi connectivity index (χ0) is 15.2. The van der Waals surface area contributed by atoms with Gasteiger partial charge in [0.25, 0.3) is 5.91 Å². The first-order valence-corrected chi connectivity index (χ1v) is 6.40. The molecule has 21 heavy (non-hydrogen) atoms. The first-order valence-electron chi connectivity index (χ1n) is 6.40. The molecular formula is C16H16N2O3. The minimum absolute atomic E-state index is 0.127. The van der Waals surface area contributed by atoms with Gasteiger partial charge < -0.3 is 14.6 Å². The molecule has 5 heteroatoms. The topological polar surface area (TPSA) is 62.6 Å². The summed E-state index contributed by atoms with van der Waals surface area (Å²) in [6.45, 7) is 0. The van der Waals surface area contributed by atoms with Crippen molar-refractivity contribution in [1.29, 1.82) is 0 Å². The van der Waals surface area contributed by atoms with Crippen molar-refractivity contribution in [3.05, 3.63) is 66.3 Å². The number of furan rings is 1. The Hall–Kier alpha value is -2.82. The van der Waals surface area contributed by atoms with Gasteiger partial charge in [-0.15, -0.1) is 0 Å². The largest absolute Gasteiger partial charge is 0.459 e. The molecule has 0 aliphatic rings. The van der Waals surface area contributed by atoms with E-state index in [2.05, 4.69) is 5.32 Å². The highest BCUT2D eigenvalue weighted by Gasteiger charge is 2.09. The van der Waals surface area contributed by atoms with Crippen LogP contribution in [0.5, 0.6) is 0 Å². The Kier molecular flexibility index (Phi) is 4.56. The lowest BCUT2D eigenvalue weighted by atomic mass is 10.1. The molecule has 0 unspecified atom stereocenters. The van der Waals surface area contributed by atoms with Crippen molar-refractivity contribution in [1.82, 2.24) is 4.90 Å². The Bertz CT molecular complexity index is 658. The van der Waals surface area contributed by atoms with Crippen LogP contribution in [0.4, 0.5) is 5.69 Å². The maximum atomic E-state index is 12.0. The van der Waals surface area contributed by atoms with Crippen molar-refractivity contribution >= 4 is 17.4 Å². The van der Waals surface area contributed by atoms with Gasteiger partial charge in [-0.25, -0.2) is 0 Å². The number of nitrogens with one attached hydrogen (secondary N) is 1. The molecule has 0 aliphatic carbocycles. The maximum Gasteiger partial charge on any atom is 0.291 e. The van der Waals surface area contributed by atoms with Crippen LogP contribution >= 0.6 is 0 Å². The van der Waals surface area contributed by atoms with Crippen molar-refractivity contribution in [3.63, 3.8) is 0 Å². The third kappa shape index (κ3) is 4.07. The Balaban J connectivity index is 2.11. The van der Waals surface area contributed by atoms with Crippen LogP contribution in [-0.2, 0) is 0 Å². The second-order valence-electron chi connectivity index (χ2n) is 4.66. The van der Waals surface area contributed by atoms with E-state index in [9.17, 15) is 9.59 Å². The Labute approximate surface area is 122 Å². The van der Waals surface area contributed by atoms with Crippen LogP contribution in [0.25, 0.3) is 0 Å². The summed E-state index contributed by atoms with van der Waals surface area (Å²) < 4.78 is 5.01. The summed E-state index contributed by atoms with van der Waals surface area (Å²) in [5.74, 6) is -0.259. The molecule has 0 atom stereocenters. The van der Waals surface area contributed by atoms with E-state index in [0.717, 1.165) is 0 Å². The minimum Gasteiger partial charge on any atom is -0.459 e. The highest BCUT2D eigenvalue weighted by atomic mass is 16.3. The number of benzene rings is 1. The van der Waals surface area contributed by atoms with E-state index in [-0.39, 0.29) is 17.5 Å². The molecule has 1 aromatic heterocycles. The number of anilines is 1. The lowest BCUT2D eigenvalue weighted by Gasteiger charge is -2.05. The van der Waals surface area contributed by atoms with Gasteiger partial charge in [-0.3, -0.25) is 9.59 Å². The van der Waals surface area contributed by atoms with Crippen LogP contribution in [0.15, 0.2) is 59.4 Å². The third-order valence-electron chi connectivity index (χ3n) is 2.67. The van der Waals surface area contributed by atoms with Gasteiger partial charge in [-0.05, 0) is 24.3 Å². The molecule has 0 aliphatic heterocycles. The molecule has 0 saturated carbocycles. The predicted octanol–water partition coefficient (Wildman–Crippen LogP) is 2.79. The van der Waals surface area contributed by atoms with Gasteiger partial charge in [-0.1, -0.05) is 12.1 Å². The number of carbonyl (C=O) groups is 2. The van der Waals surface area contributed by atoms with Crippen molar-refractivity contribution in [2.45, 2.75) is 0 Å². The number of hydrogen-bond donors (Lipinski definition) is 1. The number of ketones is 1. The summed E-state index contributed by atoms with van der Waals surface area (Å²) in [6, 6.07) is 9.97. The molecule has 108 valence electrons. The fourth-order valence-corrected chi connectivity index (χ4v) is 1.66. The average molecular weight is 284 g/mol. The summed E-state index contributed by atoms with van der Waals surface area (Å²) in [5, 5.41) is 2.69. The molecule has 0 bridgehead atoms. The summed E-state index contributed by atoms with van der Waals surface area (Å²) in [4.78, 5) is 25.6. The van der Waals surface area contributed by atoms with Crippen LogP contribution in [0.3, 0.4) is 0 Å². The lowest BCUT2D eigenvalue weighted by Crippen LogP contribution is -2.11. The van der Waals surface area contributed by atoms with Gasteiger partial charge in [0.2, 0.25) is 0 Å². The molecule has 1 aromatic carbocycles. The van der Waals surface area contributed by atoms with E-state index in [1.807, 2.05) is 14.1 Å². The van der Waals surface area contributed by atoms with Gasteiger partial charge in [0.15, 0.2) is 11.5 Å². The Morgan fingerprint density at radius 1 is 1.19 bits per heavy atom. The van der Waals surface area contributed by atoms with Crippen molar-refractivity contribution in [3.8, 4) is 0 Å². The normalized spacial score (nSPS) is 10.6. The molecule has 1 heterocycles. The van der Waals surface area contributed by atoms with E-state index < -0.39 is 0 Å². The first kappa shape index (κ1) is 14.6. The number of nitrogens with zero attached hydrogens (tertiary/aromatic N) is 1. The van der Waals surface area contributed by atoms with E-state index in [1.54, 1.807) is 47.5 Å². The number of carbonyl (C=O) groups excluding carboxylic acids is 2. The van der Waals surface area contributed by atoms with Crippen molar-refractivity contribution in [2.24, 2.45) is 0 Å². The molecule has 0 spiro atoms. The summed E-state index contributed by atoms with van der Waals surface area (Å²) in [7, 11) is 3.67. The lowest BCUT2D eigenvalue weighted by molar-refractivity contribution is 0.0994. The first-order chi connectivity index (χ1) is 10.1.